The van der Waals surface area contributed by atoms with E-state index < -0.39 is 0 Å². The molecule has 7 heteroatoms. The normalized spacial score (nSPS) is 15.7. The first-order chi connectivity index (χ1) is 15.2. The number of aromatic nitrogens is 3. The zero-order valence-corrected chi connectivity index (χ0v) is 17.5. The van der Waals surface area contributed by atoms with Gasteiger partial charge in [0.1, 0.15) is 0 Å². The van der Waals surface area contributed by atoms with Gasteiger partial charge in [-0.3, -0.25) is 9.59 Å². The molecule has 2 amide bonds. The molecule has 1 aliphatic rings. The quantitative estimate of drug-likeness (QED) is 0.611. The second-order valence-electron chi connectivity index (χ2n) is 7.86. The minimum absolute atomic E-state index is 0.0882. The van der Waals surface area contributed by atoms with E-state index in [4.69, 9.17) is 0 Å². The number of rotatable bonds is 8. The van der Waals surface area contributed by atoms with E-state index in [-0.39, 0.29) is 23.6 Å². The van der Waals surface area contributed by atoms with Crippen LogP contribution in [0.1, 0.15) is 40.9 Å². The molecule has 4 rings (SSSR count). The maximum atomic E-state index is 12.8. The molecule has 0 radical (unpaired) electrons. The molecule has 1 N–H and O–H groups in total. The monoisotopic (exact) mass is 417 g/mol. The van der Waals surface area contributed by atoms with Crippen molar-refractivity contribution in [2.45, 2.75) is 44.8 Å². The van der Waals surface area contributed by atoms with Crippen molar-refractivity contribution in [3.05, 3.63) is 83.7 Å². The Morgan fingerprint density at radius 2 is 1.71 bits per heavy atom. The fourth-order valence-corrected chi connectivity index (χ4v) is 3.97. The van der Waals surface area contributed by atoms with Gasteiger partial charge in [-0.2, -0.15) is 0 Å². The molecule has 3 aromatic rings. The Balaban J connectivity index is 1.29. The Kier molecular flexibility index (Phi) is 6.72. The zero-order valence-electron chi connectivity index (χ0n) is 17.5. The summed E-state index contributed by atoms with van der Waals surface area (Å²) in [5.41, 5.74) is 2.49. The van der Waals surface area contributed by atoms with Crippen molar-refractivity contribution in [3.63, 3.8) is 0 Å². The van der Waals surface area contributed by atoms with Gasteiger partial charge in [-0.05, 0) is 30.4 Å². The van der Waals surface area contributed by atoms with Crippen LogP contribution in [0.15, 0.2) is 66.9 Å². The number of amides is 2. The summed E-state index contributed by atoms with van der Waals surface area (Å²) in [7, 11) is 0. The fraction of sp³-hybridized carbons (Fsp3) is 0.333. The standard InChI is InChI=1S/C24H27N5O2/c30-23(14-13-19-8-3-1-4-9-19)29-15-7-12-21(29)17-28-18-22(26-27-28)24(31)25-16-20-10-5-2-6-11-20/h1-6,8-11,18,21H,7,12-17H2,(H,25,31). The molecule has 7 nitrogen and oxygen atoms in total. The van der Waals surface area contributed by atoms with Gasteiger partial charge in [-0.1, -0.05) is 65.9 Å². The van der Waals surface area contributed by atoms with Crippen molar-refractivity contribution in [2.75, 3.05) is 6.54 Å². The van der Waals surface area contributed by atoms with E-state index in [1.54, 1.807) is 10.9 Å². The highest BCUT2D eigenvalue weighted by Crippen LogP contribution is 2.20. The van der Waals surface area contributed by atoms with E-state index >= 15 is 0 Å². The van der Waals surface area contributed by atoms with E-state index in [9.17, 15) is 9.59 Å². The molecule has 0 aliphatic carbocycles. The number of likely N-dealkylation sites (tertiary alicyclic amines) is 1. The van der Waals surface area contributed by atoms with Gasteiger partial charge in [0.15, 0.2) is 5.69 Å². The first-order valence-electron chi connectivity index (χ1n) is 10.7. The molecule has 0 saturated carbocycles. The Labute approximate surface area is 182 Å². The highest BCUT2D eigenvalue weighted by Gasteiger charge is 2.29. The lowest BCUT2D eigenvalue weighted by Gasteiger charge is -2.24. The minimum atomic E-state index is -0.252. The highest BCUT2D eigenvalue weighted by molar-refractivity contribution is 5.91. The third kappa shape index (κ3) is 5.57. The van der Waals surface area contributed by atoms with Crippen LogP contribution in [0.5, 0.6) is 0 Å². The summed E-state index contributed by atoms with van der Waals surface area (Å²) in [5, 5.41) is 11.0. The van der Waals surface area contributed by atoms with Gasteiger partial charge in [0.2, 0.25) is 5.91 Å². The van der Waals surface area contributed by atoms with E-state index in [1.807, 2.05) is 53.4 Å². The van der Waals surface area contributed by atoms with E-state index in [0.717, 1.165) is 31.4 Å². The molecule has 1 aliphatic heterocycles. The van der Waals surface area contributed by atoms with Crippen molar-refractivity contribution >= 4 is 11.8 Å². The molecule has 160 valence electrons. The zero-order chi connectivity index (χ0) is 21.5. The summed E-state index contributed by atoms with van der Waals surface area (Å²) in [5.74, 6) is -0.0791. The van der Waals surface area contributed by atoms with Crippen LogP contribution in [-0.4, -0.2) is 44.3 Å². The molecule has 1 aromatic heterocycles. The number of hydrogen-bond donors (Lipinski definition) is 1. The first kappa shape index (κ1) is 20.8. The van der Waals surface area contributed by atoms with E-state index in [0.29, 0.717) is 19.5 Å². The second-order valence-corrected chi connectivity index (χ2v) is 7.86. The van der Waals surface area contributed by atoms with Crippen LogP contribution in [0.3, 0.4) is 0 Å². The SMILES string of the molecule is O=C(NCc1ccccc1)c1cn(CC2CCCN2C(=O)CCc2ccccc2)nn1. The van der Waals surface area contributed by atoms with Crippen molar-refractivity contribution in [2.24, 2.45) is 0 Å². The molecule has 2 heterocycles. The largest absolute Gasteiger partial charge is 0.347 e. The van der Waals surface area contributed by atoms with Crippen molar-refractivity contribution in [1.29, 1.82) is 0 Å². The van der Waals surface area contributed by atoms with Gasteiger partial charge in [0.25, 0.3) is 5.91 Å². The fourth-order valence-electron chi connectivity index (χ4n) is 3.97. The Hall–Kier alpha value is -3.48. The summed E-state index contributed by atoms with van der Waals surface area (Å²) in [6.45, 7) is 1.77. The Morgan fingerprint density at radius 3 is 2.45 bits per heavy atom. The van der Waals surface area contributed by atoms with Gasteiger partial charge >= 0.3 is 0 Å². The average Bonchev–Trinajstić information content (AvgIpc) is 3.47. The van der Waals surface area contributed by atoms with Crippen LogP contribution in [0.2, 0.25) is 0 Å². The van der Waals surface area contributed by atoms with Crippen molar-refractivity contribution in [3.8, 4) is 0 Å². The summed E-state index contributed by atoms with van der Waals surface area (Å²) < 4.78 is 1.67. The number of carbonyl (C=O) groups excluding carboxylic acids is 2. The van der Waals surface area contributed by atoms with Crippen molar-refractivity contribution in [1.82, 2.24) is 25.2 Å². The molecular formula is C24H27N5O2. The van der Waals surface area contributed by atoms with Gasteiger partial charge in [0.05, 0.1) is 18.8 Å². The maximum Gasteiger partial charge on any atom is 0.273 e. The van der Waals surface area contributed by atoms with Crippen LogP contribution in [0.4, 0.5) is 0 Å². The molecule has 1 atom stereocenters. The molecule has 1 unspecified atom stereocenters. The Morgan fingerprint density at radius 1 is 1.00 bits per heavy atom. The lowest BCUT2D eigenvalue weighted by atomic mass is 10.1. The molecule has 31 heavy (non-hydrogen) atoms. The third-order valence-corrected chi connectivity index (χ3v) is 5.63. The maximum absolute atomic E-state index is 12.8. The predicted molar refractivity (Wildman–Crippen MR) is 117 cm³/mol. The average molecular weight is 418 g/mol. The van der Waals surface area contributed by atoms with E-state index in [2.05, 4.69) is 27.8 Å². The van der Waals surface area contributed by atoms with Crippen LogP contribution >= 0.6 is 0 Å². The predicted octanol–water partition coefficient (Wildman–Crippen LogP) is 2.83. The van der Waals surface area contributed by atoms with Crippen LogP contribution in [-0.2, 0) is 24.3 Å². The number of carbonyl (C=O) groups is 2. The second kappa shape index (κ2) is 10.0. The summed E-state index contributed by atoms with van der Waals surface area (Å²) in [6, 6.07) is 19.9. The lowest BCUT2D eigenvalue weighted by molar-refractivity contribution is -0.132. The highest BCUT2D eigenvalue weighted by atomic mass is 16.2. The number of aryl methyl sites for hydroxylation is 1. The smallest absolute Gasteiger partial charge is 0.273 e. The minimum Gasteiger partial charge on any atom is -0.347 e. The molecule has 1 saturated heterocycles. The molecule has 0 spiro atoms. The van der Waals surface area contributed by atoms with Crippen molar-refractivity contribution < 1.29 is 9.59 Å². The number of nitrogens with one attached hydrogen (secondary N) is 1. The van der Waals surface area contributed by atoms with Gasteiger partial charge < -0.3 is 10.2 Å². The number of nitrogens with zero attached hydrogens (tertiary/aromatic N) is 4. The Bertz CT molecular complexity index is 1000. The third-order valence-electron chi connectivity index (χ3n) is 5.63. The topological polar surface area (TPSA) is 80.1 Å². The molecular weight excluding hydrogens is 390 g/mol. The van der Waals surface area contributed by atoms with E-state index in [1.165, 1.54) is 5.56 Å². The van der Waals surface area contributed by atoms with Gasteiger partial charge in [-0.15, -0.1) is 5.10 Å². The van der Waals surface area contributed by atoms with Crippen LogP contribution in [0, 0.1) is 0 Å². The van der Waals surface area contributed by atoms with Gasteiger partial charge in [-0.25, -0.2) is 4.68 Å². The lowest BCUT2D eigenvalue weighted by Crippen LogP contribution is -2.38. The number of hydrogen-bond acceptors (Lipinski definition) is 4. The summed E-state index contributed by atoms with van der Waals surface area (Å²) in [6.07, 6.45) is 4.83. The van der Waals surface area contributed by atoms with Crippen LogP contribution in [0.25, 0.3) is 0 Å². The first-order valence-corrected chi connectivity index (χ1v) is 10.7. The molecule has 0 bridgehead atoms. The molecule has 1 fully saturated rings. The molecule has 2 aromatic carbocycles. The van der Waals surface area contributed by atoms with Crippen LogP contribution < -0.4 is 5.32 Å². The number of benzene rings is 2. The summed E-state index contributed by atoms with van der Waals surface area (Å²) >= 11 is 0. The summed E-state index contributed by atoms with van der Waals surface area (Å²) in [4.78, 5) is 27.1. The van der Waals surface area contributed by atoms with Gasteiger partial charge in [0, 0.05) is 19.5 Å².